The van der Waals surface area contributed by atoms with Crippen LogP contribution in [0.4, 0.5) is 0 Å². The summed E-state index contributed by atoms with van der Waals surface area (Å²) >= 11 is 5.10. The van der Waals surface area contributed by atoms with Gasteiger partial charge in [0.2, 0.25) is 0 Å². The van der Waals surface area contributed by atoms with E-state index < -0.39 is 0 Å². The lowest BCUT2D eigenvalue weighted by atomic mass is 10.0. The molecule has 1 aliphatic heterocycles. The third-order valence-corrected chi connectivity index (χ3v) is 4.14. The molecule has 0 saturated heterocycles. The SMILES string of the molecule is NC(=S)c1ncccc1CN1CCCc2ccccc2C1. The summed E-state index contributed by atoms with van der Waals surface area (Å²) in [7, 11) is 0. The third kappa shape index (κ3) is 3.28. The maximum absolute atomic E-state index is 5.78. The van der Waals surface area contributed by atoms with E-state index in [0.29, 0.717) is 4.99 Å². The highest BCUT2D eigenvalue weighted by molar-refractivity contribution is 7.80. The fourth-order valence-electron chi connectivity index (χ4n) is 2.93. The number of hydrogen-bond acceptors (Lipinski definition) is 3. The zero-order chi connectivity index (χ0) is 14.7. The second kappa shape index (κ2) is 6.33. The maximum Gasteiger partial charge on any atom is 0.123 e. The van der Waals surface area contributed by atoms with Crippen molar-refractivity contribution in [1.82, 2.24) is 9.88 Å². The van der Waals surface area contributed by atoms with Crippen molar-refractivity contribution in [3.63, 3.8) is 0 Å². The molecule has 2 N–H and O–H groups in total. The maximum atomic E-state index is 5.78. The number of benzene rings is 1. The van der Waals surface area contributed by atoms with Gasteiger partial charge >= 0.3 is 0 Å². The number of nitrogens with two attached hydrogens (primary N) is 1. The Morgan fingerprint density at radius 3 is 2.81 bits per heavy atom. The zero-order valence-corrected chi connectivity index (χ0v) is 12.8. The molecule has 0 atom stereocenters. The molecule has 4 heteroatoms. The summed E-state index contributed by atoms with van der Waals surface area (Å²) in [5.74, 6) is 0. The Bertz CT molecular complexity index is 654. The second-order valence-electron chi connectivity index (χ2n) is 5.46. The Hall–Kier alpha value is -1.78. The van der Waals surface area contributed by atoms with Crippen molar-refractivity contribution in [1.29, 1.82) is 0 Å². The van der Waals surface area contributed by atoms with Gasteiger partial charge in [-0.3, -0.25) is 9.88 Å². The van der Waals surface area contributed by atoms with Crippen LogP contribution in [0.5, 0.6) is 0 Å². The van der Waals surface area contributed by atoms with Gasteiger partial charge < -0.3 is 5.73 Å². The van der Waals surface area contributed by atoms with E-state index in [2.05, 4.69) is 40.2 Å². The lowest BCUT2D eigenvalue weighted by Gasteiger charge is -2.21. The van der Waals surface area contributed by atoms with Crippen LogP contribution in [-0.4, -0.2) is 21.4 Å². The average Bonchev–Trinajstić information content (AvgIpc) is 2.69. The molecule has 0 amide bonds. The lowest BCUT2D eigenvalue weighted by Crippen LogP contribution is -2.25. The number of thiocarbonyl (C=S) groups is 1. The molecule has 0 unspecified atom stereocenters. The van der Waals surface area contributed by atoms with E-state index in [-0.39, 0.29) is 0 Å². The molecule has 0 bridgehead atoms. The fraction of sp³-hybridized carbons (Fsp3) is 0.294. The van der Waals surface area contributed by atoms with Gasteiger partial charge in [0.05, 0.1) is 0 Å². The molecule has 1 aromatic carbocycles. The minimum absolute atomic E-state index is 0.376. The van der Waals surface area contributed by atoms with Crippen molar-refractivity contribution in [2.75, 3.05) is 6.54 Å². The molecule has 108 valence electrons. The van der Waals surface area contributed by atoms with E-state index in [4.69, 9.17) is 18.0 Å². The number of fused-ring (bicyclic) bond motifs is 1. The highest BCUT2D eigenvalue weighted by Crippen LogP contribution is 2.20. The van der Waals surface area contributed by atoms with Crippen LogP contribution in [0.25, 0.3) is 0 Å². The molecule has 1 aromatic heterocycles. The van der Waals surface area contributed by atoms with Gasteiger partial charge in [-0.25, -0.2) is 0 Å². The van der Waals surface area contributed by atoms with E-state index >= 15 is 0 Å². The summed E-state index contributed by atoms with van der Waals surface area (Å²) in [5.41, 5.74) is 10.5. The van der Waals surface area contributed by atoms with Gasteiger partial charge in [0, 0.05) is 19.3 Å². The third-order valence-electron chi connectivity index (χ3n) is 3.95. The molecule has 0 radical (unpaired) electrons. The number of nitrogens with zero attached hydrogens (tertiary/aromatic N) is 2. The number of rotatable bonds is 3. The van der Waals surface area contributed by atoms with E-state index in [0.717, 1.165) is 37.3 Å². The molecule has 3 nitrogen and oxygen atoms in total. The summed E-state index contributed by atoms with van der Waals surface area (Å²) < 4.78 is 0. The second-order valence-corrected chi connectivity index (χ2v) is 5.90. The first-order valence-electron chi connectivity index (χ1n) is 7.27. The normalized spacial score (nSPS) is 15.2. The smallest absolute Gasteiger partial charge is 0.123 e. The van der Waals surface area contributed by atoms with E-state index in [9.17, 15) is 0 Å². The number of pyridine rings is 1. The quantitative estimate of drug-likeness (QED) is 0.885. The minimum atomic E-state index is 0.376. The summed E-state index contributed by atoms with van der Waals surface area (Å²) in [4.78, 5) is 7.14. The van der Waals surface area contributed by atoms with E-state index in [1.54, 1.807) is 6.20 Å². The monoisotopic (exact) mass is 297 g/mol. The Morgan fingerprint density at radius 1 is 1.19 bits per heavy atom. The molecule has 2 heterocycles. The topological polar surface area (TPSA) is 42.1 Å². The van der Waals surface area contributed by atoms with Gasteiger partial charge in [-0.1, -0.05) is 42.5 Å². The molecule has 21 heavy (non-hydrogen) atoms. The van der Waals surface area contributed by atoms with Crippen LogP contribution in [0.3, 0.4) is 0 Å². The molecule has 2 aromatic rings. The van der Waals surface area contributed by atoms with Crippen LogP contribution in [0.2, 0.25) is 0 Å². The molecule has 0 fully saturated rings. The van der Waals surface area contributed by atoms with Gasteiger partial charge in [0.1, 0.15) is 10.7 Å². The van der Waals surface area contributed by atoms with Crippen molar-refractivity contribution >= 4 is 17.2 Å². The first kappa shape index (κ1) is 14.2. The Kier molecular flexibility index (Phi) is 4.27. The number of aromatic nitrogens is 1. The molecule has 0 spiro atoms. The largest absolute Gasteiger partial charge is 0.388 e. The predicted molar refractivity (Wildman–Crippen MR) is 89.0 cm³/mol. The summed E-state index contributed by atoms with van der Waals surface area (Å²) in [6, 6.07) is 12.7. The van der Waals surface area contributed by atoms with Crippen molar-refractivity contribution in [2.24, 2.45) is 5.73 Å². The van der Waals surface area contributed by atoms with E-state index in [1.165, 1.54) is 17.5 Å². The number of aryl methyl sites for hydroxylation is 1. The Balaban J connectivity index is 1.81. The van der Waals surface area contributed by atoms with Gasteiger partial charge in [0.15, 0.2) is 0 Å². The van der Waals surface area contributed by atoms with Gasteiger partial charge in [-0.15, -0.1) is 0 Å². The lowest BCUT2D eigenvalue weighted by molar-refractivity contribution is 0.260. The minimum Gasteiger partial charge on any atom is -0.388 e. The summed E-state index contributed by atoms with van der Waals surface area (Å²) in [5, 5.41) is 0. The molecular formula is C17H19N3S. The molecule has 1 aliphatic rings. The average molecular weight is 297 g/mol. The zero-order valence-electron chi connectivity index (χ0n) is 12.0. The van der Waals surface area contributed by atoms with Crippen LogP contribution < -0.4 is 5.73 Å². The Labute approximate surface area is 130 Å². The van der Waals surface area contributed by atoms with Crippen molar-refractivity contribution in [3.8, 4) is 0 Å². The van der Waals surface area contributed by atoms with Gasteiger partial charge in [0.25, 0.3) is 0 Å². The highest BCUT2D eigenvalue weighted by Gasteiger charge is 2.16. The van der Waals surface area contributed by atoms with Crippen molar-refractivity contribution in [2.45, 2.75) is 25.9 Å². The molecule has 3 rings (SSSR count). The summed E-state index contributed by atoms with van der Waals surface area (Å²) in [6.45, 7) is 2.90. The van der Waals surface area contributed by atoms with E-state index in [1.807, 2.05) is 6.07 Å². The summed E-state index contributed by atoms with van der Waals surface area (Å²) in [6.07, 6.45) is 4.08. The molecule has 0 aliphatic carbocycles. The highest BCUT2D eigenvalue weighted by atomic mass is 32.1. The first-order chi connectivity index (χ1) is 10.2. The van der Waals surface area contributed by atoms with Crippen LogP contribution in [0, 0.1) is 0 Å². The van der Waals surface area contributed by atoms with Gasteiger partial charge in [-0.05, 0) is 42.1 Å². The van der Waals surface area contributed by atoms with Crippen molar-refractivity contribution < 1.29 is 0 Å². The van der Waals surface area contributed by atoms with Crippen LogP contribution in [-0.2, 0) is 19.5 Å². The predicted octanol–water partition coefficient (Wildman–Crippen LogP) is 2.66. The van der Waals surface area contributed by atoms with Crippen LogP contribution >= 0.6 is 12.2 Å². The Morgan fingerprint density at radius 2 is 2.00 bits per heavy atom. The molecule has 0 saturated carbocycles. The van der Waals surface area contributed by atoms with Crippen LogP contribution in [0.15, 0.2) is 42.6 Å². The number of hydrogen-bond donors (Lipinski definition) is 1. The standard InChI is InChI=1S/C17H19N3S/c18-17(21)16-15(7-3-9-19-16)12-20-10-4-8-13-5-1-2-6-14(13)11-20/h1-3,5-7,9H,4,8,10-12H2,(H2,18,21). The first-order valence-corrected chi connectivity index (χ1v) is 7.67. The van der Waals surface area contributed by atoms with Crippen molar-refractivity contribution in [3.05, 3.63) is 65.0 Å². The van der Waals surface area contributed by atoms with Crippen LogP contribution in [0.1, 0.15) is 28.8 Å². The van der Waals surface area contributed by atoms with Gasteiger partial charge in [-0.2, -0.15) is 0 Å². The molecular weight excluding hydrogens is 278 g/mol. The fourth-order valence-corrected chi connectivity index (χ4v) is 3.12.